The van der Waals surface area contributed by atoms with Gasteiger partial charge >= 0.3 is 6.03 Å². The van der Waals surface area contributed by atoms with Crippen LogP contribution in [0.1, 0.15) is 18.4 Å². The van der Waals surface area contributed by atoms with E-state index in [-0.39, 0.29) is 16.5 Å². The number of sulfonamides is 1. The van der Waals surface area contributed by atoms with Crippen LogP contribution in [0.5, 0.6) is 0 Å². The topological polar surface area (TPSA) is 90.0 Å². The van der Waals surface area contributed by atoms with Crippen LogP contribution in [0.2, 0.25) is 0 Å². The van der Waals surface area contributed by atoms with Crippen molar-refractivity contribution in [1.82, 2.24) is 14.5 Å². The van der Waals surface area contributed by atoms with Crippen LogP contribution in [-0.2, 0) is 21.4 Å². The Labute approximate surface area is 221 Å². The van der Waals surface area contributed by atoms with E-state index in [1.54, 1.807) is 18.2 Å². The van der Waals surface area contributed by atoms with Gasteiger partial charge < -0.3 is 0 Å². The summed E-state index contributed by atoms with van der Waals surface area (Å²) >= 11 is 0. The lowest BCUT2D eigenvalue weighted by molar-refractivity contribution is -0.124. The van der Waals surface area contributed by atoms with E-state index >= 15 is 0 Å². The van der Waals surface area contributed by atoms with E-state index in [0.29, 0.717) is 37.1 Å². The number of halogens is 1. The summed E-state index contributed by atoms with van der Waals surface area (Å²) < 4.78 is 40.7. The SMILES string of the molecule is CN(C)S(=O)(=O)c1ccc(-c2ccc(F)cc2N2C(=O)NC(=O)C23CCN(Cc2ccccc2)CC3)cc1. The van der Waals surface area contributed by atoms with E-state index in [9.17, 15) is 22.4 Å². The minimum absolute atomic E-state index is 0.117. The Bertz CT molecular complexity index is 1470. The van der Waals surface area contributed by atoms with Crippen molar-refractivity contribution in [2.24, 2.45) is 0 Å². The molecular weight excluding hydrogens is 507 g/mol. The van der Waals surface area contributed by atoms with Crippen molar-refractivity contribution < 1.29 is 22.4 Å². The van der Waals surface area contributed by atoms with E-state index in [4.69, 9.17) is 0 Å². The van der Waals surface area contributed by atoms with Gasteiger partial charge in [0.2, 0.25) is 10.0 Å². The normalized spacial score (nSPS) is 17.8. The number of nitrogens with one attached hydrogen (secondary N) is 1. The summed E-state index contributed by atoms with van der Waals surface area (Å²) in [6, 6.07) is 19.7. The number of imide groups is 1. The van der Waals surface area contributed by atoms with Crippen molar-refractivity contribution in [3.63, 3.8) is 0 Å². The first-order chi connectivity index (χ1) is 18.1. The van der Waals surface area contributed by atoms with Crippen LogP contribution >= 0.6 is 0 Å². The lowest BCUT2D eigenvalue weighted by atomic mass is 9.85. The van der Waals surface area contributed by atoms with Crippen molar-refractivity contribution in [1.29, 1.82) is 0 Å². The van der Waals surface area contributed by atoms with Gasteiger partial charge in [-0.2, -0.15) is 0 Å². The van der Waals surface area contributed by atoms with Gasteiger partial charge in [0.05, 0.1) is 10.6 Å². The fourth-order valence-electron chi connectivity index (χ4n) is 5.23. The minimum atomic E-state index is -3.63. The average Bonchev–Trinajstić information content (AvgIpc) is 3.14. The number of amides is 3. The highest BCUT2D eigenvalue weighted by molar-refractivity contribution is 7.89. The molecule has 2 saturated heterocycles. The van der Waals surface area contributed by atoms with Crippen molar-refractivity contribution in [3.8, 4) is 11.1 Å². The molecule has 1 spiro atoms. The quantitative estimate of drug-likeness (QED) is 0.484. The van der Waals surface area contributed by atoms with Crippen LogP contribution in [0.4, 0.5) is 14.9 Å². The third-order valence-corrected chi connectivity index (χ3v) is 9.18. The fraction of sp³-hybridized carbons (Fsp3) is 0.286. The third-order valence-electron chi connectivity index (χ3n) is 7.35. The van der Waals surface area contributed by atoms with Crippen LogP contribution < -0.4 is 10.2 Å². The maximum absolute atomic E-state index is 14.6. The van der Waals surface area contributed by atoms with E-state index in [1.807, 2.05) is 18.2 Å². The fourth-order valence-corrected chi connectivity index (χ4v) is 6.13. The summed E-state index contributed by atoms with van der Waals surface area (Å²) in [5.74, 6) is -0.927. The van der Waals surface area contributed by atoms with Gasteiger partial charge in [0.1, 0.15) is 11.4 Å². The van der Waals surface area contributed by atoms with Gasteiger partial charge in [0.25, 0.3) is 5.91 Å². The van der Waals surface area contributed by atoms with Crippen molar-refractivity contribution in [2.75, 3.05) is 32.1 Å². The zero-order chi connectivity index (χ0) is 27.1. The summed E-state index contributed by atoms with van der Waals surface area (Å²) in [7, 11) is -0.719. The third kappa shape index (κ3) is 4.59. The summed E-state index contributed by atoms with van der Waals surface area (Å²) in [5, 5.41) is 2.45. The number of benzene rings is 3. The van der Waals surface area contributed by atoms with Gasteiger partial charge in [0.15, 0.2) is 0 Å². The summed E-state index contributed by atoms with van der Waals surface area (Å²) in [5.41, 5.74) is 1.42. The van der Waals surface area contributed by atoms with E-state index < -0.39 is 27.4 Å². The molecule has 0 atom stereocenters. The highest BCUT2D eigenvalue weighted by Crippen LogP contribution is 2.42. The summed E-state index contributed by atoms with van der Waals surface area (Å²) in [6.45, 7) is 1.92. The molecule has 3 aromatic carbocycles. The molecular formula is C28H29FN4O4S. The van der Waals surface area contributed by atoms with Gasteiger partial charge in [-0.3, -0.25) is 19.9 Å². The van der Waals surface area contributed by atoms with Crippen LogP contribution in [0, 0.1) is 5.82 Å². The molecule has 2 fully saturated rings. The van der Waals surface area contributed by atoms with Gasteiger partial charge in [-0.25, -0.2) is 21.9 Å². The van der Waals surface area contributed by atoms with Crippen LogP contribution in [0.3, 0.4) is 0 Å². The van der Waals surface area contributed by atoms with Crippen LogP contribution in [-0.4, -0.2) is 62.3 Å². The monoisotopic (exact) mass is 536 g/mol. The zero-order valence-corrected chi connectivity index (χ0v) is 22.0. The number of anilines is 1. The van der Waals surface area contributed by atoms with Gasteiger partial charge in [0, 0.05) is 39.3 Å². The first kappa shape index (κ1) is 26.0. The lowest BCUT2D eigenvalue weighted by Crippen LogP contribution is -2.56. The molecule has 0 radical (unpaired) electrons. The summed E-state index contributed by atoms with van der Waals surface area (Å²) in [6.07, 6.45) is 0.792. The molecule has 0 unspecified atom stereocenters. The Morgan fingerprint density at radius 3 is 2.24 bits per heavy atom. The smallest absolute Gasteiger partial charge is 0.299 e. The average molecular weight is 537 g/mol. The Hall–Kier alpha value is -3.60. The number of nitrogens with zero attached hydrogens (tertiary/aromatic N) is 3. The predicted octanol–water partition coefficient (Wildman–Crippen LogP) is 3.83. The van der Waals surface area contributed by atoms with E-state index in [2.05, 4.69) is 22.3 Å². The maximum atomic E-state index is 14.6. The van der Waals surface area contributed by atoms with Crippen molar-refractivity contribution >= 4 is 27.6 Å². The molecule has 38 heavy (non-hydrogen) atoms. The minimum Gasteiger partial charge on any atom is -0.299 e. The molecule has 198 valence electrons. The second kappa shape index (κ2) is 9.94. The molecule has 3 aromatic rings. The highest BCUT2D eigenvalue weighted by atomic mass is 32.2. The number of hydrogen-bond donors (Lipinski definition) is 1. The number of carbonyl (C=O) groups is 2. The number of likely N-dealkylation sites (tertiary alicyclic amines) is 1. The van der Waals surface area contributed by atoms with Gasteiger partial charge in [-0.05, 0) is 54.3 Å². The highest BCUT2D eigenvalue weighted by Gasteiger charge is 2.55. The summed E-state index contributed by atoms with van der Waals surface area (Å²) in [4.78, 5) is 30.1. The van der Waals surface area contributed by atoms with Crippen molar-refractivity contribution in [3.05, 3.63) is 84.2 Å². The Balaban J connectivity index is 1.48. The molecule has 2 aliphatic rings. The van der Waals surface area contributed by atoms with E-state index in [0.717, 1.165) is 10.8 Å². The molecule has 2 heterocycles. The first-order valence-corrected chi connectivity index (χ1v) is 13.8. The molecule has 1 N–H and O–H groups in total. The van der Waals surface area contributed by atoms with E-state index in [1.165, 1.54) is 48.8 Å². The molecule has 5 rings (SSSR count). The molecule has 10 heteroatoms. The molecule has 0 aromatic heterocycles. The molecule has 3 amide bonds. The zero-order valence-electron chi connectivity index (χ0n) is 21.2. The number of piperidine rings is 1. The Morgan fingerprint density at radius 1 is 0.947 bits per heavy atom. The van der Waals surface area contributed by atoms with Gasteiger partial charge in [-0.15, -0.1) is 0 Å². The lowest BCUT2D eigenvalue weighted by Gasteiger charge is -2.42. The first-order valence-electron chi connectivity index (χ1n) is 12.4. The molecule has 8 nitrogen and oxygen atoms in total. The Morgan fingerprint density at radius 2 is 1.61 bits per heavy atom. The number of urea groups is 1. The number of rotatable bonds is 6. The largest absolute Gasteiger partial charge is 0.329 e. The second-order valence-corrected chi connectivity index (χ2v) is 12.0. The number of hydrogen-bond acceptors (Lipinski definition) is 5. The number of carbonyl (C=O) groups excluding carboxylic acids is 2. The molecule has 2 aliphatic heterocycles. The van der Waals surface area contributed by atoms with Crippen LogP contribution in [0.15, 0.2) is 77.7 Å². The Kier molecular flexibility index (Phi) is 6.81. The van der Waals surface area contributed by atoms with Crippen LogP contribution in [0.25, 0.3) is 11.1 Å². The molecule has 0 aliphatic carbocycles. The molecule has 0 bridgehead atoms. The van der Waals surface area contributed by atoms with Crippen molar-refractivity contribution in [2.45, 2.75) is 29.8 Å². The second-order valence-electron chi connectivity index (χ2n) is 9.86. The predicted molar refractivity (Wildman–Crippen MR) is 142 cm³/mol. The standard InChI is InChI=1S/C28H29FN4O4S/c1-31(2)38(36,37)23-11-8-21(9-12-23)24-13-10-22(29)18-25(24)33-27(35)30-26(34)28(33)14-16-32(17-15-28)19-20-6-4-3-5-7-20/h3-13,18H,14-17,19H2,1-2H3,(H,30,34,35). The maximum Gasteiger partial charge on any atom is 0.329 e. The molecule has 0 saturated carbocycles. The van der Waals surface area contributed by atoms with Gasteiger partial charge in [-0.1, -0.05) is 42.5 Å².